The molecule has 0 aromatic heterocycles. The molecule has 0 fully saturated rings. The van der Waals surface area contributed by atoms with Crippen LogP contribution >= 0.6 is 0 Å². The highest BCUT2D eigenvalue weighted by Gasteiger charge is 1.97. The van der Waals surface area contributed by atoms with Crippen LogP contribution in [0.25, 0.3) is 0 Å². The molecule has 0 radical (unpaired) electrons. The van der Waals surface area contributed by atoms with Crippen molar-refractivity contribution in [2.75, 3.05) is 6.54 Å². The van der Waals surface area contributed by atoms with Crippen LogP contribution in [0.5, 0.6) is 5.75 Å². The third-order valence-corrected chi connectivity index (χ3v) is 1.98. The predicted molar refractivity (Wildman–Crippen MR) is 59.1 cm³/mol. The topological polar surface area (TPSA) is 21.3 Å². The summed E-state index contributed by atoms with van der Waals surface area (Å²) in [5.74, 6) is 1.79. The Morgan fingerprint density at radius 2 is 1.86 bits per heavy atom. The number of allylic oxidation sites excluding steroid dienone is 2. The van der Waals surface area contributed by atoms with E-state index < -0.39 is 0 Å². The molecule has 0 unspecified atom stereocenters. The van der Waals surface area contributed by atoms with E-state index in [1.54, 1.807) is 0 Å². The summed E-state index contributed by atoms with van der Waals surface area (Å²) in [4.78, 5) is 0. The van der Waals surface area contributed by atoms with Gasteiger partial charge in [0, 0.05) is 12.2 Å². The van der Waals surface area contributed by atoms with Crippen LogP contribution in [-0.2, 0) is 0 Å². The molecule has 0 aliphatic rings. The quantitative estimate of drug-likeness (QED) is 0.739. The van der Waals surface area contributed by atoms with Gasteiger partial charge in [-0.15, -0.1) is 0 Å². The molecule has 0 spiro atoms. The van der Waals surface area contributed by atoms with Crippen molar-refractivity contribution in [3.05, 3.63) is 41.8 Å². The second-order valence-electron chi connectivity index (χ2n) is 3.13. The Hall–Kier alpha value is -1.44. The smallest absolute Gasteiger partial charge is 0.127 e. The van der Waals surface area contributed by atoms with Gasteiger partial charge in [0.1, 0.15) is 11.5 Å². The third-order valence-electron chi connectivity index (χ3n) is 1.98. The van der Waals surface area contributed by atoms with E-state index in [9.17, 15) is 0 Å². The molecule has 0 aliphatic carbocycles. The van der Waals surface area contributed by atoms with Crippen LogP contribution in [0.1, 0.15) is 20.8 Å². The molecule has 1 aromatic carbocycles. The van der Waals surface area contributed by atoms with Crippen LogP contribution in [0.4, 0.5) is 0 Å². The lowest BCUT2D eigenvalue weighted by molar-refractivity contribution is 0.415. The van der Waals surface area contributed by atoms with Crippen molar-refractivity contribution in [2.45, 2.75) is 20.8 Å². The maximum atomic E-state index is 5.65. The first-order valence-electron chi connectivity index (χ1n) is 4.88. The summed E-state index contributed by atoms with van der Waals surface area (Å²) < 4.78 is 5.65. The summed E-state index contributed by atoms with van der Waals surface area (Å²) in [5.41, 5.74) is 1.08. The van der Waals surface area contributed by atoms with Gasteiger partial charge in [-0.25, -0.2) is 0 Å². The lowest BCUT2D eigenvalue weighted by Gasteiger charge is -2.10. The van der Waals surface area contributed by atoms with Crippen molar-refractivity contribution in [1.29, 1.82) is 0 Å². The van der Waals surface area contributed by atoms with Crippen molar-refractivity contribution in [2.24, 2.45) is 0 Å². The van der Waals surface area contributed by atoms with Crippen LogP contribution in [0.2, 0.25) is 0 Å². The Morgan fingerprint density at radius 3 is 2.43 bits per heavy atom. The lowest BCUT2D eigenvalue weighted by Crippen LogP contribution is -2.13. The molecule has 0 aliphatic heterocycles. The van der Waals surface area contributed by atoms with Gasteiger partial charge in [-0.2, -0.15) is 0 Å². The van der Waals surface area contributed by atoms with Crippen LogP contribution in [0.15, 0.2) is 41.8 Å². The van der Waals surface area contributed by atoms with Gasteiger partial charge >= 0.3 is 0 Å². The van der Waals surface area contributed by atoms with Gasteiger partial charge in [0.05, 0.1) is 0 Å². The molecule has 76 valence electrons. The molecule has 0 saturated carbocycles. The normalized spacial score (nSPS) is 11.9. The van der Waals surface area contributed by atoms with Gasteiger partial charge in [-0.1, -0.05) is 18.2 Å². The Kier molecular flexibility index (Phi) is 4.05. The molecule has 0 atom stereocenters. The monoisotopic (exact) mass is 191 g/mol. The summed E-state index contributed by atoms with van der Waals surface area (Å²) in [6.45, 7) is 6.97. The van der Waals surface area contributed by atoms with E-state index in [-0.39, 0.29) is 0 Å². The third kappa shape index (κ3) is 3.13. The van der Waals surface area contributed by atoms with Gasteiger partial charge in [0.15, 0.2) is 0 Å². The summed E-state index contributed by atoms with van der Waals surface area (Å²) in [6, 6.07) is 9.80. The van der Waals surface area contributed by atoms with E-state index in [1.165, 1.54) is 0 Å². The lowest BCUT2D eigenvalue weighted by atomic mass is 10.3. The first kappa shape index (κ1) is 10.6. The van der Waals surface area contributed by atoms with Gasteiger partial charge in [0.25, 0.3) is 0 Å². The van der Waals surface area contributed by atoms with Crippen molar-refractivity contribution in [3.8, 4) is 5.75 Å². The SMILES string of the molecule is CCN/C(C)=C(/C)Oc1ccccc1. The van der Waals surface area contributed by atoms with E-state index in [1.807, 2.05) is 44.2 Å². The standard InChI is InChI=1S/C12H17NO/c1-4-13-10(2)11(3)14-12-8-6-5-7-9-12/h5-9,13H,4H2,1-3H3/b11-10-. The largest absolute Gasteiger partial charge is 0.460 e. The fourth-order valence-electron chi connectivity index (χ4n) is 1.13. The molecule has 1 rings (SSSR count). The molecule has 2 heteroatoms. The number of ether oxygens (including phenoxy) is 1. The molecule has 1 aromatic rings. The molecule has 0 bridgehead atoms. The fraction of sp³-hybridized carbons (Fsp3) is 0.333. The zero-order chi connectivity index (χ0) is 10.4. The van der Waals surface area contributed by atoms with Gasteiger partial charge in [0.2, 0.25) is 0 Å². The number of hydrogen-bond acceptors (Lipinski definition) is 2. The molecule has 1 N–H and O–H groups in total. The van der Waals surface area contributed by atoms with E-state index in [4.69, 9.17) is 4.74 Å². The number of rotatable bonds is 4. The summed E-state index contributed by atoms with van der Waals surface area (Å²) >= 11 is 0. The highest BCUT2D eigenvalue weighted by atomic mass is 16.5. The van der Waals surface area contributed by atoms with Gasteiger partial charge < -0.3 is 10.1 Å². The number of para-hydroxylation sites is 1. The number of benzene rings is 1. The van der Waals surface area contributed by atoms with Crippen molar-refractivity contribution in [3.63, 3.8) is 0 Å². The maximum Gasteiger partial charge on any atom is 0.127 e. The van der Waals surface area contributed by atoms with Crippen molar-refractivity contribution >= 4 is 0 Å². The van der Waals surface area contributed by atoms with Crippen LogP contribution in [0.3, 0.4) is 0 Å². The second kappa shape index (κ2) is 5.32. The van der Waals surface area contributed by atoms with Crippen LogP contribution in [-0.4, -0.2) is 6.54 Å². The minimum Gasteiger partial charge on any atom is -0.460 e. The maximum absolute atomic E-state index is 5.65. The van der Waals surface area contributed by atoms with Crippen LogP contribution < -0.4 is 10.1 Å². The first-order chi connectivity index (χ1) is 6.74. The van der Waals surface area contributed by atoms with Crippen LogP contribution in [0, 0.1) is 0 Å². The zero-order valence-corrected chi connectivity index (χ0v) is 9.00. The summed E-state index contributed by atoms with van der Waals surface area (Å²) in [6.07, 6.45) is 0. The van der Waals surface area contributed by atoms with Gasteiger partial charge in [-0.3, -0.25) is 0 Å². The molecule has 14 heavy (non-hydrogen) atoms. The molecule has 0 saturated heterocycles. The summed E-state index contributed by atoms with van der Waals surface area (Å²) in [7, 11) is 0. The average Bonchev–Trinajstić information content (AvgIpc) is 2.19. The number of nitrogens with one attached hydrogen (secondary N) is 1. The minimum absolute atomic E-state index is 0.877. The fourth-order valence-corrected chi connectivity index (χ4v) is 1.13. The number of hydrogen-bond donors (Lipinski definition) is 1. The van der Waals surface area contributed by atoms with Crippen molar-refractivity contribution < 1.29 is 4.74 Å². The minimum atomic E-state index is 0.877. The Bertz CT molecular complexity index is 303. The van der Waals surface area contributed by atoms with Crippen molar-refractivity contribution in [1.82, 2.24) is 5.32 Å². The Morgan fingerprint density at radius 1 is 1.21 bits per heavy atom. The van der Waals surface area contributed by atoms with Gasteiger partial charge in [-0.05, 0) is 32.9 Å². The van der Waals surface area contributed by atoms with E-state index >= 15 is 0 Å². The van der Waals surface area contributed by atoms with E-state index in [0.717, 1.165) is 23.8 Å². The van der Waals surface area contributed by atoms with E-state index in [2.05, 4.69) is 12.2 Å². The average molecular weight is 191 g/mol. The highest BCUT2D eigenvalue weighted by molar-refractivity contribution is 5.23. The zero-order valence-electron chi connectivity index (χ0n) is 9.00. The molecular weight excluding hydrogens is 174 g/mol. The Labute approximate surface area is 85.6 Å². The highest BCUT2D eigenvalue weighted by Crippen LogP contribution is 2.13. The first-order valence-corrected chi connectivity index (χ1v) is 4.88. The predicted octanol–water partition coefficient (Wildman–Crippen LogP) is 2.93. The molecule has 0 heterocycles. The molecule has 2 nitrogen and oxygen atoms in total. The second-order valence-corrected chi connectivity index (χ2v) is 3.13. The molecular formula is C12H17NO. The van der Waals surface area contributed by atoms with E-state index in [0.29, 0.717) is 0 Å². The molecule has 0 amide bonds. The summed E-state index contributed by atoms with van der Waals surface area (Å²) in [5, 5.41) is 3.22. The Balaban J connectivity index is 2.65.